The number of ether oxygens (including phenoxy) is 1. The maximum atomic E-state index is 15.2. The van der Waals surface area contributed by atoms with Gasteiger partial charge in [0.2, 0.25) is 11.8 Å². The van der Waals surface area contributed by atoms with E-state index >= 15 is 4.39 Å². The van der Waals surface area contributed by atoms with Gasteiger partial charge in [0.1, 0.15) is 35.9 Å². The fraction of sp³-hybridized carbons (Fsp3) is 0.388. The Morgan fingerprint density at radius 3 is 2.35 bits per heavy atom. The Labute approximate surface area is 397 Å². The highest BCUT2D eigenvalue weighted by molar-refractivity contribution is 7.90. The van der Waals surface area contributed by atoms with Crippen LogP contribution in [0, 0.1) is 17.1 Å². The fourth-order valence-electron chi connectivity index (χ4n) is 10.4. The van der Waals surface area contributed by atoms with E-state index in [0.29, 0.717) is 41.8 Å². The molecule has 5 aliphatic rings. The van der Waals surface area contributed by atoms with E-state index in [0.717, 1.165) is 85.2 Å². The van der Waals surface area contributed by atoms with Crippen LogP contribution in [0.15, 0.2) is 83.9 Å². The number of hydrogen-bond acceptors (Lipinski definition) is 12. The summed E-state index contributed by atoms with van der Waals surface area (Å²) in [7, 11) is -2.13. The number of piperidine rings is 1. The standard InChI is InChI=1S/C49H50F2N10O7S/c1-56(36-10-12-38-30(24-36)27-60(48(38)64)44-16-17-45(62)54-47(44)63)32-2-4-33(5-3-32)57-20-22-58(23-21-57)34-6-8-35(9-7-34)61-29-53-42-14-11-37(25-39(42)49(61)65)68-46-40(26-52)43(15-13-41(46)51)55-69(66,67)59-19-18-31(50)28-59/h6-15,24-25,29,31-33,44,55H,2-5,16-23,27-28H2,1H3,(H,54,62,63)/t31-,32?,33?,44-/m1/s1. The molecule has 358 valence electrons. The number of carbonyl (C=O) groups is 3. The Morgan fingerprint density at radius 1 is 0.884 bits per heavy atom. The Morgan fingerprint density at radius 2 is 1.64 bits per heavy atom. The zero-order valence-electron chi connectivity index (χ0n) is 37.8. The number of anilines is 3. The van der Waals surface area contributed by atoms with Crippen LogP contribution < -0.4 is 30.1 Å². The monoisotopic (exact) mass is 960 g/mol. The SMILES string of the molecule is CN(c1ccc2c(c1)CN([C@@H]1CCC(=O)NC1=O)C2=O)C1CCC(N2CCN(c3ccc(-n4cnc5ccc(Oc6c(F)ccc(NS(=O)(=O)N7CC[C@@H](F)C7)c6C#N)cc5c4=O)cc3)CC2)CC1. The molecule has 4 aliphatic heterocycles. The van der Waals surface area contributed by atoms with Crippen molar-refractivity contribution in [2.75, 3.05) is 60.8 Å². The minimum atomic E-state index is -4.24. The lowest BCUT2D eigenvalue weighted by atomic mass is 9.88. The Bertz CT molecular complexity index is 3080. The second kappa shape index (κ2) is 18.5. The highest BCUT2D eigenvalue weighted by Crippen LogP contribution is 2.37. The van der Waals surface area contributed by atoms with Crippen molar-refractivity contribution in [2.24, 2.45) is 0 Å². The van der Waals surface area contributed by atoms with E-state index in [1.807, 2.05) is 36.4 Å². The van der Waals surface area contributed by atoms with Crippen molar-refractivity contribution in [2.45, 2.75) is 75.8 Å². The summed E-state index contributed by atoms with van der Waals surface area (Å²) in [5.74, 6) is -2.35. The fourth-order valence-corrected chi connectivity index (χ4v) is 11.7. The summed E-state index contributed by atoms with van der Waals surface area (Å²) in [6, 6.07) is 22.1. The van der Waals surface area contributed by atoms with Gasteiger partial charge < -0.3 is 19.4 Å². The molecule has 0 spiro atoms. The molecule has 0 radical (unpaired) electrons. The lowest BCUT2D eigenvalue weighted by molar-refractivity contribution is -0.136. The van der Waals surface area contributed by atoms with Crippen LogP contribution in [0.25, 0.3) is 16.6 Å². The number of nitrogens with one attached hydrogen (secondary N) is 2. The topological polar surface area (TPSA) is 194 Å². The quantitative estimate of drug-likeness (QED) is 0.164. The third-order valence-electron chi connectivity index (χ3n) is 14.3. The summed E-state index contributed by atoms with van der Waals surface area (Å²) in [5, 5.41) is 12.5. The first kappa shape index (κ1) is 45.8. The van der Waals surface area contributed by atoms with E-state index in [9.17, 15) is 37.2 Å². The maximum Gasteiger partial charge on any atom is 0.301 e. The van der Waals surface area contributed by atoms with E-state index in [1.165, 1.54) is 29.1 Å². The lowest BCUT2D eigenvalue weighted by Crippen LogP contribution is -2.52. The first-order valence-electron chi connectivity index (χ1n) is 23.2. The number of halogens is 2. The average Bonchev–Trinajstić information content (AvgIpc) is 3.95. The molecule has 2 atom stereocenters. The van der Waals surface area contributed by atoms with Gasteiger partial charge in [-0.1, -0.05) is 0 Å². The summed E-state index contributed by atoms with van der Waals surface area (Å²) >= 11 is 0. The maximum absolute atomic E-state index is 15.2. The van der Waals surface area contributed by atoms with Crippen LogP contribution >= 0.6 is 0 Å². The summed E-state index contributed by atoms with van der Waals surface area (Å²) < 4.78 is 65.2. The summed E-state index contributed by atoms with van der Waals surface area (Å²) in [5.41, 5.74) is 3.46. The second-order valence-electron chi connectivity index (χ2n) is 18.3. The van der Waals surface area contributed by atoms with E-state index in [1.54, 1.807) is 11.0 Å². The van der Waals surface area contributed by atoms with E-state index in [2.05, 4.69) is 42.8 Å². The molecule has 4 aromatic carbocycles. The van der Waals surface area contributed by atoms with Crippen molar-refractivity contribution in [3.8, 4) is 23.3 Å². The van der Waals surface area contributed by atoms with Gasteiger partial charge in [-0.15, -0.1) is 0 Å². The summed E-state index contributed by atoms with van der Waals surface area (Å²) in [6.45, 7) is 3.53. The molecule has 10 rings (SSSR count). The van der Waals surface area contributed by atoms with Crippen LogP contribution in [0.4, 0.5) is 25.8 Å². The van der Waals surface area contributed by atoms with Gasteiger partial charge in [-0.3, -0.25) is 38.7 Å². The molecule has 2 N–H and O–H groups in total. The number of amides is 3. The van der Waals surface area contributed by atoms with Crippen LogP contribution in [0.5, 0.6) is 11.5 Å². The number of alkyl halides is 1. The number of fused-ring (bicyclic) bond motifs is 2. The molecule has 4 fully saturated rings. The van der Waals surface area contributed by atoms with Crippen LogP contribution in [0.2, 0.25) is 0 Å². The van der Waals surface area contributed by atoms with Gasteiger partial charge in [0.05, 0.1) is 22.3 Å². The molecule has 3 amide bonds. The number of aromatic nitrogens is 2. The zero-order valence-corrected chi connectivity index (χ0v) is 38.6. The van der Waals surface area contributed by atoms with Crippen molar-refractivity contribution in [1.82, 2.24) is 29.0 Å². The number of carbonyl (C=O) groups excluding carboxylic acids is 3. The zero-order chi connectivity index (χ0) is 48.1. The van der Waals surface area contributed by atoms with Gasteiger partial charge in [-0.05, 0) is 117 Å². The van der Waals surface area contributed by atoms with Gasteiger partial charge in [-0.2, -0.15) is 18.0 Å². The van der Waals surface area contributed by atoms with Gasteiger partial charge in [-0.25, -0.2) is 13.8 Å². The van der Waals surface area contributed by atoms with Crippen LogP contribution in [-0.4, -0.2) is 120 Å². The molecule has 0 unspecified atom stereocenters. The molecular formula is C49H50F2N10O7S. The predicted octanol–water partition coefficient (Wildman–Crippen LogP) is 5.22. The third kappa shape index (κ3) is 8.97. The minimum Gasteiger partial charge on any atom is -0.453 e. The molecule has 5 aromatic rings. The largest absolute Gasteiger partial charge is 0.453 e. The van der Waals surface area contributed by atoms with Crippen LogP contribution in [0.1, 0.15) is 66.4 Å². The van der Waals surface area contributed by atoms with Crippen molar-refractivity contribution >= 4 is 55.9 Å². The molecule has 3 saturated heterocycles. The first-order valence-corrected chi connectivity index (χ1v) is 24.6. The number of hydrogen-bond donors (Lipinski definition) is 2. The molecule has 1 aliphatic carbocycles. The second-order valence-corrected chi connectivity index (χ2v) is 20.0. The molecule has 69 heavy (non-hydrogen) atoms. The predicted molar refractivity (Wildman–Crippen MR) is 253 cm³/mol. The average molecular weight is 961 g/mol. The van der Waals surface area contributed by atoms with Crippen molar-refractivity contribution in [3.63, 3.8) is 0 Å². The van der Waals surface area contributed by atoms with Crippen molar-refractivity contribution in [1.29, 1.82) is 5.26 Å². The third-order valence-corrected chi connectivity index (χ3v) is 15.8. The van der Waals surface area contributed by atoms with E-state index < -0.39 is 51.0 Å². The van der Waals surface area contributed by atoms with Crippen LogP contribution in [-0.2, 0) is 26.3 Å². The molecule has 17 nitrogen and oxygen atoms in total. The lowest BCUT2D eigenvalue weighted by Gasteiger charge is -2.44. The van der Waals surface area contributed by atoms with Gasteiger partial charge in [0.15, 0.2) is 11.6 Å². The molecule has 5 heterocycles. The van der Waals surface area contributed by atoms with Gasteiger partial charge >= 0.3 is 10.2 Å². The Balaban J connectivity index is 0.742. The van der Waals surface area contributed by atoms with Gasteiger partial charge in [0.25, 0.3) is 11.5 Å². The first-order chi connectivity index (χ1) is 33.2. The number of piperazine rings is 1. The number of nitriles is 1. The van der Waals surface area contributed by atoms with Crippen molar-refractivity contribution < 1.29 is 36.3 Å². The van der Waals surface area contributed by atoms with E-state index in [4.69, 9.17) is 4.74 Å². The highest BCUT2D eigenvalue weighted by Gasteiger charge is 2.40. The van der Waals surface area contributed by atoms with Crippen LogP contribution in [0.3, 0.4) is 0 Å². The number of nitrogens with zero attached hydrogens (tertiary/aromatic N) is 8. The smallest absolute Gasteiger partial charge is 0.301 e. The van der Waals surface area contributed by atoms with Crippen molar-refractivity contribution in [3.05, 3.63) is 112 Å². The number of benzene rings is 4. The number of imide groups is 1. The molecule has 1 aromatic heterocycles. The molecule has 0 bridgehead atoms. The van der Waals surface area contributed by atoms with E-state index in [-0.39, 0.29) is 54.6 Å². The molecular weight excluding hydrogens is 911 g/mol. The molecule has 20 heteroatoms. The minimum absolute atomic E-state index is 0.0154. The summed E-state index contributed by atoms with van der Waals surface area (Å²) in [4.78, 5) is 64.6. The highest BCUT2D eigenvalue weighted by atomic mass is 32.2. The Hall–Kier alpha value is -6.95. The summed E-state index contributed by atoms with van der Waals surface area (Å²) in [6.07, 6.45) is 4.98. The molecule has 1 saturated carbocycles. The number of rotatable bonds is 11. The van der Waals surface area contributed by atoms with Gasteiger partial charge in [0, 0.05) is 88.3 Å². The Kier molecular flexibility index (Phi) is 12.3. The normalized spacial score (nSPS) is 22.4.